The van der Waals surface area contributed by atoms with Gasteiger partial charge in [-0.3, -0.25) is 0 Å². The highest BCUT2D eigenvalue weighted by atomic mass is 16.3. The summed E-state index contributed by atoms with van der Waals surface area (Å²) in [5.41, 5.74) is 3.94. The quantitative estimate of drug-likeness (QED) is 0.377. The molecule has 1 fully saturated rings. The van der Waals surface area contributed by atoms with Gasteiger partial charge in [-0.1, -0.05) is 18.2 Å². The average Bonchev–Trinajstić information content (AvgIpc) is 2.89. The van der Waals surface area contributed by atoms with Crippen molar-refractivity contribution in [3.8, 4) is 11.5 Å². The van der Waals surface area contributed by atoms with E-state index in [0.717, 1.165) is 48.1 Å². The summed E-state index contributed by atoms with van der Waals surface area (Å²) in [4.78, 5) is 24.8. The minimum absolute atomic E-state index is 0.117. The summed E-state index contributed by atoms with van der Waals surface area (Å²) in [5.74, 6) is 2.59. The topological polar surface area (TPSA) is 112 Å². The van der Waals surface area contributed by atoms with Gasteiger partial charge in [-0.05, 0) is 48.9 Å². The first-order chi connectivity index (χ1) is 17.2. The molecule has 3 N–H and O–H groups in total. The van der Waals surface area contributed by atoms with Crippen molar-refractivity contribution in [1.82, 2.24) is 30.2 Å². The molecule has 4 heterocycles. The maximum absolute atomic E-state index is 9.44. The van der Waals surface area contributed by atoms with Crippen LogP contribution in [0.3, 0.4) is 0 Å². The Kier molecular flexibility index (Phi) is 6.87. The van der Waals surface area contributed by atoms with Crippen LogP contribution in [0.4, 0.5) is 17.3 Å². The van der Waals surface area contributed by atoms with Gasteiger partial charge in [0.15, 0.2) is 5.82 Å². The molecule has 1 aliphatic heterocycles. The Morgan fingerprint density at radius 3 is 2.57 bits per heavy atom. The summed E-state index contributed by atoms with van der Waals surface area (Å²) < 4.78 is 0. The van der Waals surface area contributed by atoms with Crippen molar-refractivity contribution < 1.29 is 5.11 Å². The third kappa shape index (κ3) is 5.76. The number of hydrogen-bond donors (Lipinski definition) is 3. The Hall–Kier alpha value is -3.95. The SMILES string of the molecule is Cc1cccc(-c2nccc(Nc3ccnc(Cc4ccc(N5CCN[C@@H](CO)C5)cc4)n3)n2)n1. The fraction of sp³-hybridized carbons (Fsp3) is 0.269. The minimum Gasteiger partial charge on any atom is -0.395 e. The number of benzene rings is 1. The molecule has 1 aromatic carbocycles. The molecule has 0 aliphatic carbocycles. The number of nitrogens with one attached hydrogen (secondary N) is 2. The van der Waals surface area contributed by atoms with Crippen LogP contribution < -0.4 is 15.5 Å². The number of nitrogens with zero attached hydrogens (tertiary/aromatic N) is 6. The molecule has 9 nitrogen and oxygen atoms in total. The largest absolute Gasteiger partial charge is 0.395 e. The van der Waals surface area contributed by atoms with Crippen molar-refractivity contribution in [3.05, 3.63) is 84.1 Å². The van der Waals surface area contributed by atoms with Crippen LogP contribution in [0, 0.1) is 6.92 Å². The Bertz CT molecular complexity index is 1280. The molecule has 3 aromatic heterocycles. The molecule has 1 saturated heterocycles. The molecular weight excluding hydrogens is 440 g/mol. The fourth-order valence-electron chi connectivity index (χ4n) is 4.09. The number of aromatic nitrogens is 5. The summed E-state index contributed by atoms with van der Waals surface area (Å²) in [7, 11) is 0. The first kappa shape index (κ1) is 22.8. The highest BCUT2D eigenvalue weighted by molar-refractivity contribution is 5.56. The summed E-state index contributed by atoms with van der Waals surface area (Å²) in [6, 6.07) is 18.0. The number of aliphatic hydroxyl groups is 1. The molecule has 0 amide bonds. The van der Waals surface area contributed by atoms with Gasteiger partial charge < -0.3 is 20.6 Å². The highest BCUT2D eigenvalue weighted by Crippen LogP contribution is 2.20. The van der Waals surface area contributed by atoms with Crippen LogP contribution in [0.1, 0.15) is 17.1 Å². The van der Waals surface area contributed by atoms with E-state index in [0.29, 0.717) is 23.9 Å². The van der Waals surface area contributed by atoms with Crippen LogP contribution in [0.15, 0.2) is 67.0 Å². The lowest BCUT2D eigenvalue weighted by molar-refractivity contribution is 0.235. The van der Waals surface area contributed by atoms with E-state index in [4.69, 9.17) is 0 Å². The van der Waals surface area contributed by atoms with Gasteiger partial charge in [-0.15, -0.1) is 0 Å². The van der Waals surface area contributed by atoms with Crippen molar-refractivity contribution in [3.63, 3.8) is 0 Å². The van der Waals surface area contributed by atoms with E-state index in [2.05, 4.69) is 64.7 Å². The first-order valence-corrected chi connectivity index (χ1v) is 11.7. The predicted octanol–water partition coefficient (Wildman–Crippen LogP) is 2.74. The number of anilines is 3. The second-order valence-corrected chi connectivity index (χ2v) is 8.54. The van der Waals surface area contributed by atoms with Gasteiger partial charge in [-0.25, -0.2) is 24.9 Å². The van der Waals surface area contributed by atoms with Crippen LogP contribution in [-0.2, 0) is 6.42 Å². The van der Waals surface area contributed by atoms with E-state index in [1.807, 2.05) is 31.2 Å². The molecule has 0 radical (unpaired) electrons. The van der Waals surface area contributed by atoms with E-state index in [9.17, 15) is 5.11 Å². The smallest absolute Gasteiger partial charge is 0.180 e. The van der Waals surface area contributed by atoms with Crippen LogP contribution >= 0.6 is 0 Å². The zero-order valence-corrected chi connectivity index (χ0v) is 19.6. The Morgan fingerprint density at radius 2 is 1.77 bits per heavy atom. The number of piperazine rings is 1. The summed E-state index contributed by atoms with van der Waals surface area (Å²) in [6.45, 7) is 4.69. The number of rotatable bonds is 7. The number of aliphatic hydroxyl groups excluding tert-OH is 1. The van der Waals surface area contributed by atoms with E-state index < -0.39 is 0 Å². The fourth-order valence-corrected chi connectivity index (χ4v) is 4.09. The van der Waals surface area contributed by atoms with Crippen LogP contribution in [0.5, 0.6) is 0 Å². The average molecular weight is 469 g/mol. The molecule has 0 bridgehead atoms. The van der Waals surface area contributed by atoms with Gasteiger partial charge >= 0.3 is 0 Å². The predicted molar refractivity (Wildman–Crippen MR) is 136 cm³/mol. The van der Waals surface area contributed by atoms with E-state index in [-0.39, 0.29) is 12.6 Å². The van der Waals surface area contributed by atoms with E-state index >= 15 is 0 Å². The van der Waals surface area contributed by atoms with E-state index in [1.54, 1.807) is 18.5 Å². The van der Waals surface area contributed by atoms with Gasteiger partial charge in [0.2, 0.25) is 0 Å². The molecule has 0 saturated carbocycles. The highest BCUT2D eigenvalue weighted by Gasteiger charge is 2.18. The lowest BCUT2D eigenvalue weighted by Gasteiger charge is -2.34. The number of aryl methyl sites for hydroxylation is 1. The Balaban J connectivity index is 1.25. The lowest BCUT2D eigenvalue weighted by atomic mass is 10.1. The van der Waals surface area contributed by atoms with Gasteiger partial charge in [0, 0.05) is 55.9 Å². The molecule has 9 heteroatoms. The summed E-state index contributed by atoms with van der Waals surface area (Å²) in [5, 5.41) is 16.0. The Morgan fingerprint density at radius 1 is 0.971 bits per heavy atom. The molecule has 5 rings (SSSR count). The molecule has 4 aromatic rings. The maximum Gasteiger partial charge on any atom is 0.180 e. The van der Waals surface area contributed by atoms with Gasteiger partial charge in [0.05, 0.1) is 6.61 Å². The number of hydrogen-bond acceptors (Lipinski definition) is 9. The summed E-state index contributed by atoms with van der Waals surface area (Å²) >= 11 is 0. The van der Waals surface area contributed by atoms with Gasteiger partial charge in [0.1, 0.15) is 23.2 Å². The number of pyridine rings is 1. The second-order valence-electron chi connectivity index (χ2n) is 8.54. The molecule has 1 atom stereocenters. The molecule has 35 heavy (non-hydrogen) atoms. The lowest BCUT2D eigenvalue weighted by Crippen LogP contribution is -2.52. The van der Waals surface area contributed by atoms with Gasteiger partial charge in [-0.2, -0.15) is 0 Å². The third-order valence-electron chi connectivity index (χ3n) is 5.87. The maximum atomic E-state index is 9.44. The second kappa shape index (κ2) is 10.5. The first-order valence-electron chi connectivity index (χ1n) is 11.7. The molecule has 0 spiro atoms. The Labute approximate surface area is 204 Å². The normalized spacial score (nSPS) is 15.7. The summed E-state index contributed by atoms with van der Waals surface area (Å²) in [6.07, 6.45) is 4.08. The van der Waals surface area contributed by atoms with Crippen molar-refractivity contribution in [1.29, 1.82) is 0 Å². The molecule has 1 aliphatic rings. The minimum atomic E-state index is 0.117. The standard InChI is InChI=1S/C26H28N8O/c1-18-3-2-4-22(30-18)26-29-12-10-24(33-26)31-23-9-11-28-25(32-23)15-19-5-7-21(8-6-19)34-14-13-27-20(16-34)17-35/h2-12,20,27,35H,13-17H2,1H3,(H,28,29,31,32,33)/t20-/m1/s1. The monoisotopic (exact) mass is 468 g/mol. The zero-order valence-electron chi connectivity index (χ0n) is 19.6. The van der Waals surface area contributed by atoms with Gasteiger partial charge in [0.25, 0.3) is 0 Å². The molecular formula is C26H28N8O. The van der Waals surface area contributed by atoms with Crippen molar-refractivity contribution in [2.75, 3.05) is 36.5 Å². The van der Waals surface area contributed by atoms with Crippen LogP contribution in [-0.4, -0.2) is 62.3 Å². The van der Waals surface area contributed by atoms with Crippen LogP contribution in [0.2, 0.25) is 0 Å². The molecule has 0 unspecified atom stereocenters. The zero-order chi connectivity index (χ0) is 24.0. The van der Waals surface area contributed by atoms with Crippen molar-refractivity contribution in [2.45, 2.75) is 19.4 Å². The van der Waals surface area contributed by atoms with Crippen LogP contribution in [0.25, 0.3) is 11.5 Å². The third-order valence-corrected chi connectivity index (χ3v) is 5.87. The van der Waals surface area contributed by atoms with Crippen molar-refractivity contribution in [2.24, 2.45) is 0 Å². The van der Waals surface area contributed by atoms with E-state index in [1.165, 1.54) is 0 Å². The van der Waals surface area contributed by atoms with Crippen molar-refractivity contribution >= 4 is 17.3 Å². The molecule has 178 valence electrons.